The Kier molecular flexibility index (Phi) is 6.11. The van der Waals surface area contributed by atoms with Crippen molar-refractivity contribution in [3.8, 4) is 5.75 Å². The number of nitrogens with one attached hydrogen (secondary N) is 1. The molecule has 3 aliphatic heterocycles. The Balaban J connectivity index is 1.40. The summed E-state index contributed by atoms with van der Waals surface area (Å²) in [7, 11) is 0. The molecule has 3 heterocycles. The summed E-state index contributed by atoms with van der Waals surface area (Å²) < 4.78 is 20.3. The number of rotatable bonds is 6. The molecule has 3 aliphatic rings. The highest BCUT2D eigenvalue weighted by Gasteiger charge is 2.33. The van der Waals surface area contributed by atoms with Gasteiger partial charge in [0.15, 0.2) is 0 Å². The number of halogens is 1. The Labute approximate surface area is 170 Å². The van der Waals surface area contributed by atoms with Crippen molar-refractivity contribution in [2.24, 2.45) is 0 Å². The monoisotopic (exact) mass is 405 g/mol. The first-order valence-corrected chi connectivity index (χ1v) is 11.2. The number of carbonyl (C=O) groups excluding carboxylic acids is 1. The highest BCUT2D eigenvalue weighted by atomic mass is 32.2. The van der Waals surface area contributed by atoms with Crippen LogP contribution in [0, 0.1) is 5.82 Å². The van der Waals surface area contributed by atoms with Crippen LogP contribution in [-0.2, 0) is 0 Å². The van der Waals surface area contributed by atoms with Crippen molar-refractivity contribution < 1.29 is 13.9 Å². The number of thioether (sulfide) groups is 1. The molecular weight excluding hydrogens is 377 g/mol. The Bertz CT molecular complexity index is 757. The van der Waals surface area contributed by atoms with Gasteiger partial charge in [-0.25, -0.2) is 4.39 Å². The van der Waals surface area contributed by atoms with Crippen LogP contribution in [0.2, 0.25) is 0 Å². The predicted molar refractivity (Wildman–Crippen MR) is 110 cm³/mol. The smallest absolute Gasteiger partial charge is 0.257 e. The molecule has 1 amide bonds. The van der Waals surface area contributed by atoms with E-state index in [9.17, 15) is 9.18 Å². The van der Waals surface area contributed by atoms with Crippen LogP contribution < -0.4 is 10.1 Å². The number of hydrogen-bond acceptors (Lipinski definition) is 5. The summed E-state index contributed by atoms with van der Waals surface area (Å²) in [6, 6.07) is 5.33. The van der Waals surface area contributed by atoms with Gasteiger partial charge in [0.1, 0.15) is 18.2 Å². The van der Waals surface area contributed by atoms with E-state index in [1.165, 1.54) is 18.9 Å². The molecule has 28 heavy (non-hydrogen) atoms. The molecule has 1 N–H and O–H groups in total. The van der Waals surface area contributed by atoms with Gasteiger partial charge in [0.2, 0.25) is 0 Å². The summed E-state index contributed by atoms with van der Waals surface area (Å²) in [4.78, 5) is 17.4. The van der Waals surface area contributed by atoms with Crippen LogP contribution in [0.1, 0.15) is 43.0 Å². The molecule has 4 rings (SSSR count). The average molecular weight is 406 g/mol. The third kappa shape index (κ3) is 4.30. The van der Waals surface area contributed by atoms with Gasteiger partial charge in [-0.3, -0.25) is 9.69 Å². The fourth-order valence-corrected chi connectivity index (χ4v) is 5.01. The SMILES string of the molecule is CC1CCCN1CC1CCCN1C(=O)c1ccc(OCC2=CSCN2)cc1F. The molecule has 2 atom stereocenters. The summed E-state index contributed by atoms with van der Waals surface area (Å²) in [5.41, 5.74) is 1.13. The van der Waals surface area contributed by atoms with Gasteiger partial charge in [-0.05, 0) is 56.7 Å². The first-order valence-electron chi connectivity index (χ1n) is 10.1. The highest BCUT2D eigenvalue weighted by molar-refractivity contribution is 8.02. The molecule has 0 saturated carbocycles. The largest absolute Gasteiger partial charge is 0.487 e. The fourth-order valence-electron chi connectivity index (χ4n) is 4.31. The van der Waals surface area contributed by atoms with E-state index in [2.05, 4.69) is 17.1 Å². The van der Waals surface area contributed by atoms with E-state index < -0.39 is 5.82 Å². The van der Waals surface area contributed by atoms with Gasteiger partial charge in [-0.1, -0.05) is 0 Å². The molecular formula is C21H28FN3O2S. The zero-order valence-electron chi connectivity index (χ0n) is 16.3. The van der Waals surface area contributed by atoms with Gasteiger partial charge in [0.05, 0.1) is 17.1 Å². The number of carbonyl (C=O) groups is 1. The Morgan fingerprint density at radius 3 is 2.89 bits per heavy atom. The summed E-state index contributed by atoms with van der Waals surface area (Å²) >= 11 is 1.67. The van der Waals surface area contributed by atoms with Crippen LogP contribution in [-0.4, -0.2) is 59.9 Å². The van der Waals surface area contributed by atoms with Gasteiger partial charge in [0, 0.05) is 31.2 Å². The number of ether oxygens (including phenoxy) is 1. The average Bonchev–Trinajstić information content (AvgIpc) is 3.43. The van der Waals surface area contributed by atoms with E-state index in [4.69, 9.17) is 4.74 Å². The first-order chi connectivity index (χ1) is 13.6. The topological polar surface area (TPSA) is 44.8 Å². The van der Waals surface area contributed by atoms with Crippen molar-refractivity contribution in [2.45, 2.75) is 44.7 Å². The molecule has 2 unspecified atom stereocenters. The third-order valence-electron chi connectivity index (χ3n) is 5.95. The molecule has 0 bridgehead atoms. The standard InChI is InChI=1S/C21H28FN3O2S/c1-15-4-2-8-24(15)11-17-5-3-9-25(17)21(26)19-7-6-18(10-20(19)22)27-12-16-13-28-14-23-16/h6-7,10,13,15,17,23H,2-5,8-9,11-12,14H2,1H3. The molecule has 0 aliphatic carbocycles. The van der Waals surface area contributed by atoms with Gasteiger partial charge >= 0.3 is 0 Å². The van der Waals surface area contributed by atoms with Crippen molar-refractivity contribution in [1.29, 1.82) is 0 Å². The van der Waals surface area contributed by atoms with E-state index >= 15 is 0 Å². The zero-order valence-corrected chi connectivity index (χ0v) is 17.1. The van der Waals surface area contributed by atoms with Crippen molar-refractivity contribution in [3.05, 3.63) is 40.7 Å². The summed E-state index contributed by atoms with van der Waals surface area (Å²) in [5.74, 6) is 0.575. The molecule has 5 nitrogen and oxygen atoms in total. The number of amides is 1. The zero-order chi connectivity index (χ0) is 19.5. The van der Waals surface area contributed by atoms with Crippen LogP contribution in [0.5, 0.6) is 5.75 Å². The Morgan fingerprint density at radius 1 is 1.32 bits per heavy atom. The van der Waals surface area contributed by atoms with E-state index in [0.29, 0.717) is 24.9 Å². The van der Waals surface area contributed by atoms with Crippen molar-refractivity contribution in [1.82, 2.24) is 15.1 Å². The van der Waals surface area contributed by atoms with Gasteiger partial charge in [0.25, 0.3) is 5.91 Å². The van der Waals surface area contributed by atoms with Crippen LogP contribution in [0.25, 0.3) is 0 Å². The van der Waals surface area contributed by atoms with E-state index in [-0.39, 0.29) is 17.5 Å². The summed E-state index contributed by atoms with van der Waals surface area (Å²) in [6.45, 7) is 5.34. The fraction of sp³-hybridized carbons (Fsp3) is 0.571. The Morgan fingerprint density at radius 2 is 2.18 bits per heavy atom. The second kappa shape index (κ2) is 8.74. The number of nitrogens with zero attached hydrogens (tertiary/aromatic N) is 2. The molecule has 2 saturated heterocycles. The molecule has 0 aromatic heterocycles. The second-order valence-corrected chi connectivity index (χ2v) is 8.70. The van der Waals surface area contributed by atoms with Gasteiger partial charge < -0.3 is 15.0 Å². The third-order valence-corrected chi connectivity index (χ3v) is 6.71. The summed E-state index contributed by atoms with van der Waals surface area (Å²) in [5, 5.41) is 5.19. The number of hydrogen-bond donors (Lipinski definition) is 1. The lowest BCUT2D eigenvalue weighted by Crippen LogP contribution is -2.44. The van der Waals surface area contributed by atoms with Gasteiger partial charge in [-0.15, -0.1) is 11.8 Å². The molecule has 152 valence electrons. The minimum Gasteiger partial charge on any atom is -0.487 e. The summed E-state index contributed by atoms with van der Waals surface area (Å²) in [6.07, 6.45) is 4.43. The van der Waals surface area contributed by atoms with Crippen LogP contribution in [0.15, 0.2) is 29.3 Å². The lowest BCUT2D eigenvalue weighted by atomic mass is 10.1. The maximum Gasteiger partial charge on any atom is 0.257 e. The number of likely N-dealkylation sites (tertiary alicyclic amines) is 2. The Hall–Kier alpha value is -1.73. The van der Waals surface area contributed by atoms with Crippen LogP contribution >= 0.6 is 11.8 Å². The minimum absolute atomic E-state index is 0.141. The molecule has 1 aromatic rings. The van der Waals surface area contributed by atoms with Crippen LogP contribution in [0.4, 0.5) is 4.39 Å². The van der Waals surface area contributed by atoms with Crippen molar-refractivity contribution in [3.63, 3.8) is 0 Å². The van der Waals surface area contributed by atoms with Crippen molar-refractivity contribution >= 4 is 17.7 Å². The molecule has 0 spiro atoms. The maximum absolute atomic E-state index is 14.7. The number of benzene rings is 1. The first kappa shape index (κ1) is 19.6. The lowest BCUT2D eigenvalue weighted by Gasteiger charge is -2.31. The van der Waals surface area contributed by atoms with E-state index in [0.717, 1.165) is 37.5 Å². The predicted octanol–water partition coefficient (Wildman–Crippen LogP) is 3.43. The van der Waals surface area contributed by atoms with E-state index in [1.54, 1.807) is 23.9 Å². The normalized spacial score (nSPS) is 25.1. The molecule has 2 fully saturated rings. The van der Waals surface area contributed by atoms with Crippen LogP contribution in [0.3, 0.4) is 0 Å². The van der Waals surface area contributed by atoms with E-state index in [1.807, 2.05) is 10.3 Å². The van der Waals surface area contributed by atoms with Gasteiger partial charge in [-0.2, -0.15) is 0 Å². The minimum atomic E-state index is -0.509. The quantitative estimate of drug-likeness (QED) is 0.786. The molecule has 7 heteroatoms. The second-order valence-electron chi connectivity index (χ2n) is 7.84. The maximum atomic E-state index is 14.7. The molecule has 1 aromatic carbocycles. The lowest BCUT2D eigenvalue weighted by molar-refractivity contribution is 0.0692. The highest BCUT2D eigenvalue weighted by Crippen LogP contribution is 2.26. The molecule has 0 radical (unpaired) electrons. The van der Waals surface area contributed by atoms with Crippen molar-refractivity contribution in [2.75, 3.05) is 32.1 Å².